The van der Waals surface area contributed by atoms with E-state index in [4.69, 9.17) is 0 Å². The highest BCUT2D eigenvalue weighted by Crippen LogP contribution is 2.38. The van der Waals surface area contributed by atoms with Crippen LogP contribution in [-0.2, 0) is 6.54 Å². The summed E-state index contributed by atoms with van der Waals surface area (Å²) in [5.41, 5.74) is 2.24. The van der Waals surface area contributed by atoms with Crippen LogP contribution in [0.3, 0.4) is 0 Å². The second-order valence-electron chi connectivity index (χ2n) is 5.03. The summed E-state index contributed by atoms with van der Waals surface area (Å²) < 4.78 is 2.38. The van der Waals surface area contributed by atoms with E-state index in [0.29, 0.717) is 12.1 Å². The van der Waals surface area contributed by atoms with Gasteiger partial charge in [-0.3, -0.25) is 4.98 Å². The molecule has 0 saturated heterocycles. The van der Waals surface area contributed by atoms with E-state index in [1.165, 1.54) is 18.4 Å². The molecule has 17 heavy (non-hydrogen) atoms. The Labute approximate surface area is 101 Å². The number of rotatable bonds is 4. The predicted molar refractivity (Wildman–Crippen MR) is 67.8 cm³/mol. The molecule has 0 bridgehead atoms. The van der Waals surface area contributed by atoms with Crippen molar-refractivity contribution in [2.75, 3.05) is 0 Å². The molecule has 3 rings (SSSR count). The lowest BCUT2D eigenvalue weighted by atomic mass is 10.4. The van der Waals surface area contributed by atoms with Crippen molar-refractivity contribution in [3.8, 4) is 0 Å². The first-order valence-electron chi connectivity index (χ1n) is 6.30. The molecule has 0 spiro atoms. The number of fused-ring (bicyclic) bond motifs is 1. The van der Waals surface area contributed by atoms with Gasteiger partial charge in [0.2, 0.25) is 0 Å². The Bertz CT molecular complexity index is 525. The van der Waals surface area contributed by atoms with Crippen LogP contribution in [0.5, 0.6) is 0 Å². The van der Waals surface area contributed by atoms with Crippen LogP contribution in [0.25, 0.3) is 11.0 Å². The van der Waals surface area contributed by atoms with Gasteiger partial charge in [0.1, 0.15) is 11.3 Å². The maximum Gasteiger partial charge on any atom is 0.124 e. The summed E-state index contributed by atoms with van der Waals surface area (Å²) in [6.07, 6.45) is 6.26. The summed E-state index contributed by atoms with van der Waals surface area (Å²) in [6.45, 7) is 5.15. The first kappa shape index (κ1) is 10.7. The largest absolute Gasteiger partial charge is 0.324 e. The average Bonchev–Trinajstić information content (AvgIpc) is 3.07. The van der Waals surface area contributed by atoms with Gasteiger partial charge in [0.05, 0.1) is 18.3 Å². The third-order valence-electron chi connectivity index (χ3n) is 3.15. The molecular formula is C13H18N4. The monoisotopic (exact) mass is 230 g/mol. The highest BCUT2D eigenvalue weighted by Gasteiger charge is 2.27. The van der Waals surface area contributed by atoms with Gasteiger partial charge in [-0.05, 0) is 18.9 Å². The molecule has 2 heterocycles. The van der Waals surface area contributed by atoms with Crippen LogP contribution in [0.4, 0.5) is 0 Å². The zero-order valence-corrected chi connectivity index (χ0v) is 10.3. The number of pyridine rings is 1. The molecule has 1 saturated carbocycles. The van der Waals surface area contributed by atoms with Crippen LogP contribution in [0.2, 0.25) is 0 Å². The van der Waals surface area contributed by atoms with Crippen LogP contribution in [0.15, 0.2) is 18.5 Å². The lowest BCUT2D eigenvalue weighted by molar-refractivity contribution is 0.552. The second-order valence-corrected chi connectivity index (χ2v) is 5.03. The summed E-state index contributed by atoms with van der Waals surface area (Å²) >= 11 is 0. The van der Waals surface area contributed by atoms with E-state index < -0.39 is 0 Å². The fourth-order valence-corrected chi connectivity index (χ4v) is 2.16. The Kier molecular flexibility index (Phi) is 2.59. The van der Waals surface area contributed by atoms with Crippen molar-refractivity contribution in [1.82, 2.24) is 19.9 Å². The molecule has 0 unspecified atom stereocenters. The van der Waals surface area contributed by atoms with Crippen molar-refractivity contribution in [3.05, 3.63) is 24.3 Å². The summed E-state index contributed by atoms with van der Waals surface area (Å²) in [7, 11) is 0. The molecule has 90 valence electrons. The van der Waals surface area contributed by atoms with Crippen molar-refractivity contribution >= 4 is 11.0 Å². The summed E-state index contributed by atoms with van der Waals surface area (Å²) in [6, 6.07) is 3.21. The van der Waals surface area contributed by atoms with Crippen LogP contribution in [0.1, 0.15) is 38.6 Å². The van der Waals surface area contributed by atoms with E-state index in [0.717, 1.165) is 17.9 Å². The molecule has 0 amide bonds. The smallest absolute Gasteiger partial charge is 0.124 e. The minimum atomic E-state index is 0.487. The number of nitrogens with one attached hydrogen (secondary N) is 1. The Balaban J connectivity index is 2.00. The number of hydrogen-bond acceptors (Lipinski definition) is 3. The van der Waals surface area contributed by atoms with Gasteiger partial charge in [-0.2, -0.15) is 0 Å². The highest BCUT2D eigenvalue weighted by atomic mass is 15.2. The van der Waals surface area contributed by atoms with Gasteiger partial charge < -0.3 is 9.88 Å². The minimum absolute atomic E-state index is 0.487. The Hall–Kier alpha value is -1.42. The Morgan fingerprint density at radius 2 is 2.29 bits per heavy atom. The lowest BCUT2D eigenvalue weighted by Crippen LogP contribution is -2.23. The maximum atomic E-state index is 4.68. The maximum absolute atomic E-state index is 4.68. The molecule has 0 radical (unpaired) electrons. The molecule has 1 N–H and O–H groups in total. The molecule has 0 atom stereocenters. The van der Waals surface area contributed by atoms with Gasteiger partial charge in [0, 0.05) is 18.3 Å². The third kappa shape index (κ3) is 2.05. The van der Waals surface area contributed by atoms with Crippen molar-refractivity contribution in [3.63, 3.8) is 0 Å². The predicted octanol–water partition coefficient (Wildman–Crippen LogP) is 2.26. The number of imidazole rings is 1. The first-order valence-corrected chi connectivity index (χ1v) is 6.30. The van der Waals surface area contributed by atoms with Gasteiger partial charge in [0.15, 0.2) is 0 Å². The summed E-state index contributed by atoms with van der Waals surface area (Å²) in [5.74, 6) is 1.14. The highest BCUT2D eigenvalue weighted by molar-refractivity contribution is 5.75. The van der Waals surface area contributed by atoms with Crippen molar-refractivity contribution in [2.45, 2.75) is 45.3 Å². The van der Waals surface area contributed by atoms with E-state index >= 15 is 0 Å². The Morgan fingerprint density at radius 1 is 1.47 bits per heavy atom. The van der Waals surface area contributed by atoms with Gasteiger partial charge in [-0.25, -0.2) is 4.98 Å². The average molecular weight is 230 g/mol. The molecule has 0 aliphatic heterocycles. The fourth-order valence-electron chi connectivity index (χ4n) is 2.16. The van der Waals surface area contributed by atoms with Crippen molar-refractivity contribution < 1.29 is 0 Å². The molecule has 1 fully saturated rings. The van der Waals surface area contributed by atoms with Crippen LogP contribution in [-0.4, -0.2) is 20.6 Å². The van der Waals surface area contributed by atoms with Gasteiger partial charge in [-0.15, -0.1) is 0 Å². The number of aromatic nitrogens is 3. The molecule has 4 nitrogen and oxygen atoms in total. The number of hydrogen-bond donors (Lipinski definition) is 1. The summed E-state index contributed by atoms with van der Waals surface area (Å²) in [5, 5.41) is 3.44. The Morgan fingerprint density at radius 3 is 3.00 bits per heavy atom. The lowest BCUT2D eigenvalue weighted by Gasteiger charge is -2.10. The SMILES string of the molecule is CC(C)NCc1nc2cnccc2n1C1CC1. The molecule has 4 heteroatoms. The topological polar surface area (TPSA) is 42.7 Å². The number of nitrogens with zero attached hydrogens (tertiary/aromatic N) is 3. The molecule has 0 aromatic carbocycles. The van der Waals surface area contributed by atoms with E-state index in [1.807, 2.05) is 12.4 Å². The van der Waals surface area contributed by atoms with Crippen LogP contribution < -0.4 is 5.32 Å². The molecule has 2 aromatic rings. The normalized spacial score (nSPS) is 15.9. The molecular weight excluding hydrogens is 212 g/mol. The molecule has 1 aliphatic carbocycles. The van der Waals surface area contributed by atoms with Gasteiger partial charge in [0.25, 0.3) is 0 Å². The zero-order chi connectivity index (χ0) is 11.8. The fraction of sp³-hybridized carbons (Fsp3) is 0.538. The van der Waals surface area contributed by atoms with Crippen molar-refractivity contribution in [2.24, 2.45) is 0 Å². The van der Waals surface area contributed by atoms with E-state index in [1.54, 1.807) is 0 Å². The van der Waals surface area contributed by atoms with E-state index in [9.17, 15) is 0 Å². The molecule has 2 aromatic heterocycles. The standard InChI is InChI=1S/C13H18N4/c1-9(2)15-8-13-16-11-7-14-6-5-12(11)17(13)10-3-4-10/h5-7,9-10,15H,3-4,8H2,1-2H3. The quantitative estimate of drug-likeness (QED) is 0.876. The van der Waals surface area contributed by atoms with Crippen LogP contribution >= 0.6 is 0 Å². The van der Waals surface area contributed by atoms with E-state index in [-0.39, 0.29) is 0 Å². The molecule has 1 aliphatic rings. The third-order valence-corrected chi connectivity index (χ3v) is 3.15. The second kappa shape index (κ2) is 4.11. The van der Waals surface area contributed by atoms with Crippen LogP contribution in [0, 0.1) is 0 Å². The zero-order valence-electron chi connectivity index (χ0n) is 10.3. The van der Waals surface area contributed by atoms with Gasteiger partial charge >= 0.3 is 0 Å². The first-order chi connectivity index (χ1) is 8.25. The van der Waals surface area contributed by atoms with Gasteiger partial charge in [-0.1, -0.05) is 13.8 Å². The van der Waals surface area contributed by atoms with Crippen molar-refractivity contribution in [1.29, 1.82) is 0 Å². The minimum Gasteiger partial charge on any atom is -0.324 e. The summed E-state index contributed by atoms with van der Waals surface area (Å²) in [4.78, 5) is 8.83. The van der Waals surface area contributed by atoms with E-state index in [2.05, 4.69) is 39.8 Å².